The van der Waals surface area contributed by atoms with Gasteiger partial charge in [0.15, 0.2) is 5.60 Å². The summed E-state index contributed by atoms with van der Waals surface area (Å²) < 4.78 is -0.292. The molecule has 0 spiro atoms. The van der Waals surface area contributed by atoms with Crippen molar-refractivity contribution in [3.8, 4) is 0 Å². The summed E-state index contributed by atoms with van der Waals surface area (Å²) in [5.74, 6) is 0.492. The van der Waals surface area contributed by atoms with Crippen LogP contribution in [0.15, 0.2) is 91.0 Å². The molecule has 3 heteroatoms. The van der Waals surface area contributed by atoms with Crippen LogP contribution in [0.4, 0.5) is 0 Å². The average molecular weight is 414 g/mol. The highest BCUT2D eigenvalue weighted by atomic mass is 16.6. The third-order valence-corrected chi connectivity index (χ3v) is 7.74. The first-order valence-electron chi connectivity index (χ1n) is 11.6. The Bertz CT molecular complexity index is 952. The van der Waals surface area contributed by atoms with E-state index in [0.717, 1.165) is 42.4 Å². The van der Waals surface area contributed by atoms with E-state index >= 15 is 0 Å². The molecule has 31 heavy (non-hydrogen) atoms. The molecule has 0 bridgehead atoms. The molecule has 3 aromatic carbocycles. The molecule has 2 fully saturated rings. The number of hydrogen-bond donors (Lipinski definition) is 1. The van der Waals surface area contributed by atoms with Gasteiger partial charge in [0.1, 0.15) is 6.04 Å². The van der Waals surface area contributed by atoms with E-state index in [0.29, 0.717) is 18.9 Å². The van der Waals surface area contributed by atoms with Gasteiger partial charge >= 0.3 is 0 Å². The van der Waals surface area contributed by atoms with Crippen LogP contribution >= 0.6 is 0 Å². The molecule has 0 amide bonds. The Balaban J connectivity index is 1.69. The maximum Gasteiger partial charge on any atom is 0.167 e. The van der Waals surface area contributed by atoms with Crippen LogP contribution in [0.3, 0.4) is 0 Å². The van der Waals surface area contributed by atoms with Crippen LogP contribution in [-0.4, -0.2) is 28.4 Å². The van der Waals surface area contributed by atoms with Gasteiger partial charge in [-0.05, 0) is 29.5 Å². The molecular formula is C28H31NO2. The molecular weight excluding hydrogens is 382 g/mol. The Labute approximate surface area is 185 Å². The number of likely N-dealkylation sites (tertiary alicyclic amines) is 1. The molecule has 3 aromatic rings. The molecule has 1 aliphatic carbocycles. The van der Waals surface area contributed by atoms with E-state index in [4.69, 9.17) is 0 Å². The van der Waals surface area contributed by atoms with Gasteiger partial charge < -0.3 is 15.0 Å². The van der Waals surface area contributed by atoms with Crippen molar-refractivity contribution in [1.29, 1.82) is 0 Å². The second-order valence-corrected chi connectivity index (χ2v) is 9.33. The lowest BCUT2D eigenvalue weighted by Crippen LogP contribution is -2.63. The quantitative estimate of drug-likeness (QED) is 0.433. The summed E-state index contributed by atoms with van der Waals surface area (Å²) in [5, 5.41) is 27.4. The van der Waals surface area contributed by atoms with Gasteiger partial charge in [-0.1, -0.05) is 91.0 Å². The number of benzene rings is 3. The number of nitrogens with zero attached hydrogens (tertiary/aromatic N) is 1. The fraction of sp³-hybridized carbons (Fsp3) is 0.357. The molecule has 160 valence electrons. The van der Waals surface area contributed by atoms with Crippen molar-refractivity contribution in [2.24, 2.45) is 5.92 Å². The largest absolute Gasteiger partial charge is 0.632 e. The first-order chi connectivity index (χ1) is 15.1. The zero-order valence-corrected chi connectivity index (χ0v) is 17.9. The predicted molar refractivity (Wildman–Crippen MR) is 124 cm³/mol. The van der Waals surface area contributed by atoms with E-state index in [2.05, 4.69) is 12.1 Å². The third-order valence-electron chi connectivity index (χ3n) is 7.74. The highest BCUT2D eigenvalue weighted by Gasteiger charge is 2.56. The molecule has 1 N–H and O–H groups in total. The molecule has 3 nitrogen and oxygen atoms in total. The van der Waals surface area contributed by atoms with Gasteiger partial charge in [-0.2, -0.15) is 0 Å². The molecule has 2 aliphatic rings. The van der Waals surface area contributed by atoms with Gasteiger partial charge in [-0.25, -0.2) is 0 Å². The van der Waals surface area contributed by atoms with Crippen molar-refractivity contribution in [3.05, 3.63) is 113 Å². The minimum atomic E-state index is -1.36. The van der Waals surface area contributed by atoms with E-state index < -0.39 is 11.6 Å². The van der Waals surface area contributed by atoms with Gasteiger partial charge in [0.2, 0.25) is 0 Å². The Kier molecular flexibility index (Phi) is 5.43. The second kappa shape index (κ2) is 8.23. The Morgan fingerprint density at radius 3 is 1.94 bits per heavy atom. The average Bonchev–Trinajstić information content (AvgIpc) is 3.43. The lowest BCUT2D eigenvalue weighted by atomic mass is 9.76. The summed E-state index contributed by atoms with van der Waals surface area (Å²) in [5.41, 5.74) is 1.35. The number of aliphatic hydroxyl groups is 1. The number of hydrogen-bond acceptors (Lipinski definition) is 2. The summed E-state index contributed by atoms with van der Waals surface area (Å²) in [4.78, 5) is 0. The highest BCUT2D eigenvalue weighted by Crippen LogP contribution is 2.49. The molecule has 4 atom stereocenters. The van der Waals surface area contributed by atoms with E-state index in [9.17, 15) is 10.3 Å². The summed E-state index contributed by atoms with van der Waals surface area (Å²) in [6, 6.07) is 29.4. The van der Waals surface area contributed by atoms with Crippen LogP contribution in [0.1, 0.15) is 42.4 Å². The minimum Gasteiger partial charge on any atom is -0.632 e. The van der Waals surface area contributed by atoms with Gasteiger partial charge in [0.25, 0.3) is 0 Å². The van der Waals surface area contributed by atoms with E-state index in [1.54, 1.807) is 0 Å². The molecule has 1 aliphatic heterocycles. The van der Waals surface area contributed by atoms with E-state index in [1.807, 2.05) is 78.9 Å². The molecule has 0 radical (unpaired) electrons. The van der Waals surface area contributed by atoms with Crippen LogP contribution in [0.25, 0.3) is 0 Å². The van der Waals surface area contributed by atoms with Crippen LogP contribution in [0, 0.1) is 11.1 Å². The lowest BCUT2D eigenvalue weighted by Gasteiger charge is -2.55. The first kappa shape index (κ1) is 20.4. The summed E-state index contributed by atoms with van der Waals surface area (Å²) >= 11 is 0. The number of quaternary nitrogens is 1. The number of rotatable bonds is 6. The number of hydroxylamine groups is 3. The fourth-order valence-electron chi connectivity index (χ4n) is 6.24. The Hall–Kier alpha value is -2.46. The molecule has 1 heterocycles. The minimum absolute atomic E-state index is 0.0904. The number of fused-ring (bicyclic) bond motifs is 1. The zero-order chi connectivity index (χ0) is 21.3. The van der Waals surface area contributed by atoms with E-state index in [1.165, 1.54) is 0 Å². The van der Waals surface area contributed by atoms with Crippen molar-refractivity contribution < 1.29 is 9.75 Å². The summed E-state index contributed by atoms with van der Waals surface area (Å²) in [6.07, 6.45) is 4.77. The van der Waals surface area contributed by atoms with Crippen molar-refractivity contribution >= 4 is 0 Å². The van der Waals surface area contributed by atoms with Gasteiger partial charge in [0.05, 0.1) is 12.6 Å². The SMILES string of the molecule is [O-][N@+]1([C@@H](Cc2ccccc2)C(O)(c2ccccc2)c2ccccc2)CC[C@@H]2CCC[C@@H]21. The molecule has 0 aromatic heterocycles. The normalized spacial score (nSPS) is 26.5. The molecule has 1 saturated heterocycles. The van der Waals surface area contributed by atoms with Crippen molar-refractivity contribution in [3.63, 3.8) is 0 Å². The van der Waals surface area contributed by atoms with Gasteiger partial charge in [-0.15, -0.1) is 0 Å². The highest BCUT2D eigenvalue weighted by molar-refractivity contribution is 5.38. The van der Waals surface area contributed by atoms with Crippen LogP contribution in [0.2, 0.25) is 0 Å². The standard InChI is InChI=1S/C28H31NO2/c30-28(24-14-6-2-7-15-24,25-16-8-3-9-17-25)27(21-22-11-4-1-5-12-22)29(31)20-19-23-13-10-18-26(23)29/h1-9,11-12,14-17,23,26-27,30H,10,13,18-21H2/t23-,26-,27-,29+/m0/s1. The zero-order valence-electron chi connectivity index (χ0n) is 17.9. The first-order valence-corrected chi connectivity index (χ1v) is 11.6. The van der Waals surface area contributed by atoms with Crippen molar-refractivity contribution in [1.82, 2.24) is 0 Å². The Morgan fingerprint density at radius 2 is 1.35 bits per heavy atom. The monoisotopic (exact) mass is 413 g/mol. The summed E-state index contributed by atoms with van der Waals surface area (Å²) in [7, 11) is 0. The van der Waals surface area contributed by atoms with Crippen LogP contribution in [0.5, 0.6) is 0 Å². The topological polar surface area (TPSA) is 43.3 Å². The second-order valence-electron chi connectivity index (χ2n) is 9.33. The molecule has 1 saturated carbocycles. The predicted octanol–water partition coefficient (Wildman–Crippen LogP) is 5.42. The smallest absolute Gasteiger partial charge is 0.167 e. The lowest BCUT2D eigenvalue weighted by molar-refractivity contribution is -0.925. The summed E-state index contributed by atoms with van der Waals surface area (Å²) in [6.45, 7) is 0.592. The maximum absolute atomic E-state index is 14.8. The third kappa shape index (κ3) is 3.51. The van der Waals surface area contributed by atoms with Gasteiger partial charge in [0, 0.05) is 25.2 Å². The maximum atomic E-state index is 14.8. The van der Waals surface area contributed by atoms with Crippen molar-refractivity contribution in [2.45, 2.75) is 49.8 Å². The van der Waals surface area contributed by atoms with Crippen molar-refractivity contribution in [2.75, 3.05) is 6.54 Å². The fourth-order valence-corrected chi connectivity index (χ4v) is 6.24. The van der Waals surface area contributed by atoms with E-state index in [-0.39, 0.29) is 10.7 Å². The van der Waals surface area contributed by atoms with Crippen LogP contribution in [-0.2, 0) is 12.0 Å². The molecule has 5 rings (SSSR count). The molecule has 0 unspecified atom stereocenters. The Morgan fingerprint density at radius 1 is 0.806 bits per heavy atom. The van der Waals surface area contributed by atoms with Crippen LogP contribution < -0.4 is 0 Å². The van der Waals surface area contributed by atoms with Gasteiger partial charge in [-0.3, -0.25) is 0 Å².